The first-order valence-corrected chi connectivity index (χ1v) is 27.4. The molecule has 1 aliphatic heterocycles. The quantitative estimate of drug-likeness (QED) is 0.0386. The van der Waals surface area contributed by atoms with Gasteiger partial charge in [0.25, 0.3) is 0 Å². The minimum absolute atomic E-state index is 0.115. The van der Waals surface area contributed by atoms with Crippen LogP contribution in [0.25, 0.3) is 6.08 Å². The van der Waals surface area contributed by atoms with E-state index in [-0.39, 0.29) is 48.6 Å². The highest BCUT2D eigenvalue weighted by Gasteiger charge is 2.93. The van der Waals surface area contributed by atoms with Gasteiger partial charge in [-0.15, -0.1) is 0 Å². The van der Waals surface area contributed by atoms with E-state index >= 15 is 8.78 Å². The third-order valence-corrected chi connectivity index (χ3v) is 17.0. The summed E-state index contributed by atoms with van der Waals surface area (Å²) in [6.07, 6.45) is -6.65. The van der Waals surface area contributed by atoms with E-state index in [2.05, 4.69) is 0 Å². The number of benzene rings is 1. The van der Waals surface area contributed by atoms with E-state index in [9.17, 15) is 125 Å². The van der Waals surface area contributed by atoms with Gasteiger partial charge in [0.2, 0.25) is 0 Å². The molecule has 0 N–H and O–H groups in total. The fraction of sp³-hybridized carbons (Fsp3) is 0.649. The Bertz CT molecular complexity index is 2910. The summed E-state index contributed by atoms with van der Waals surface area (Å²) in [5, 5.41) is 0. The highest BCUT2D eigenvalue weighted by molar-refractivity contribution is 5.85. The maximum absolute atomic E-state index is 15.4. The largest absolute Gasteiger partial charge is 0.502 e. The number of hydrogen-bond donors (Lipinski definition) is 0. The number of halogens is 26. The van der Waals surface area contributed by atoms with Crippen LogP contribution in [0.2, 0.25) is 0 Å². The van der Waals surface area contributed by atoms with Crippen LogP contribution in [-0.2, 0) is 47.6 Å². The maximum Gasteiger partial charge on any atom is 0.460 e. The van der Waals surface area contributed by atoms with Gasteiger partial charge in [0.1, 0.15) is 11.8 Å². The van der Waals surface area contributed by atoms with E-state index in [1.54, 1.807) is 36.4 Å². The number of carbonyl (C=O) groups is 4. The van der Waals surface area contributed by atoms with Crippen LogP contribution in [0.4, 0.5) is 114 Å². The van der Waals surface area contributed by atoms with Gasteiger partial charge in [-0.1, -0.05) is 78.9 Å². The number of fused-ring (bicyclic) bond motifs is 4. The van der Waals surface area contributed by atoms with E-state index < -0.39 is 162 Å². The van der Waals surface area contributed by atoms with Crippen molar-refractivity contribution in [2.45, 2.75) is 123 Å². The van der Waals surface area contributed by atoms with Crippen LogP contribution in [0.1, 0.15) is 44.6 Å². The second kappa shape index (κ2) is 27.5. The molecule has 6 aliphatic rings. The molecule has 1 saturated heterocycles. The van der Waals surface area contributed by atoms with Crippen molar-refractivity contribution in [2.24, 2.45) is 71.0 Å². The van der Waals surface area contributed by atoms with Gasteiger partial charge in [-0.3, -0.25) is 19.2 Å². The SMILES string of the molecule is CCO/C=C\C1CC(/C=C/C2OC(/C=C\c3ccccc3)C(C(=O)OC)C2C(=O)OC)CC1C(F)(F)C(F)(F)C(F)(F)C(F)(F)C(F)(F)C(F)(F)F.COC(=O)C1C2C=CC(C2)C1C(=O)OC.FC(F)(F)C(F)(F)C(F)(F)C(F)(F)C(F)(F)C(F)(F)C1CC2C=CC1C2. The molecule has 0 radical (unpaired) electrons. The van der Waals surface area contributed by atoms with Gasteiger partial charge in [0.05, 0.1) is 65.4 Å². The molecule has 0 spiro atoms. The molecule has 4 fully saturated rings. The molecule has 93 heavy (non-hydrogen) atoms. The van der Waals surface area contributed by atoms with E-state index in [0.717, 1.165) is 38.9 Å². The molecule has 1 aromatic rings. The highest BCUT2D eigenvalue weighted by Crippen LogP contribution is 2.66. The Balaban J connectivity index is 0.000000311. The molecule has 0 amide bonds. The van der Waals surface area contributed by atoms with Gasteiger partial charge >= 0.3 is 95.5 Å². The molecule has 1 heterocycles. The zero-order chi connectivity index (χ0) is 71.1. The zero-order valence-electron chi connectivity index (χ0n) is 48.4. The van der Waals surface area contributed by atoms with Crippen LogP contribution < -0.4 is 0 Å². The van der Waals surface area contributed by atoms with E-state index in [0.29, 0.717) is 17.9 Å². The summed E-state index contributed by atoms with van der Waals surface area (Å²) in [6, 6.07) is 8.51. The predicted octanol–water partition coefficient (Wildman–Crippen LogP) is 15.2. The Morgan fingerprint density at radius 2 is 0.828 bits per heavy atom. The van der Waals surface area contributed by atoms with Crippen molar-refractivity contribution in [3.8, 4) is 0 Å². The van der Waals surface area contributed by atoms with Gasteiger partial charge in [-0.2, -0.15) is 114 Å². The lowest BCUT2D eigenvalue weighted by Gasteiger charge is -2.42. The Morgan fingerprint density at radius 3 is 1.22 bits per heavy atom. The molecule has 36 heteroatoms. The number of rotatable bonds is 21. The van der Waals surface area contributed by atoms with Gasteiger partial charge < -0.3 is 28.4 Å². The number of hydrogen-bond acceptors (Lipinski definition) is 10. The van der Waals surface area contributed by atoms with Gasteiger partial charge in [0.15, 0.2) is 0 Å². The minimum Gasteiger partial charge on any atom is -0.502 e. The minimum atomic E-state index is -8.02. The number of allylic oxidation sites excluding steroid dienone is 6. The number of methoxy groups -OCH3 is 4. The van der Waals surface area contributed by atoms with Crippen molar-refractivity contribution in [2.75, 3.05) is 35.0 Å². The van der Waals surface area contributed by atoms with Crippen LogP contribution in [0.5, 0.6) is 0 Å². The summed E-state index contributed by atoms with van der Waals surface area (Å²) in [7, 11) is 4.71. The first kappa shape index (κ1) is 77.4. The number of ether oxygens (including phenoxy) is 6. The first-order chi connectivity index (χ1) is 42.4. The van der Waals surface area contributed by atoms with Crippen molar-refractivity contribution < 1.29 is 162 Å². The fourth-order valence-electron chi connectivity index (χ4n) is 12.1. The summed E-state index contributed by atoms with van der Waals surface area (Å²) in [5.74, 6) is -90.6. The van der Waals surface area contributed by atoms with E-state index in [1.165, 1.54) is 33.3 Å². The second-order valence-corrected chi connectivity index (χ2v) is 22.4. The summed E-state index contributed by atoms with van der Waals surface area (Å²) in [6.45, 7) is 1.28. The zero-order valence-corrected chi connectivity index (χ0v) is 48.4. The normalized spacial score (nSPS) is 28.8. The smallest absolute Gasteiger partial charge is 0.460 e. The molecular formula is C57H56F26O10. The topological polar surface area (TPSA) is 124 Å². The lowest BCUT2D eigenvalue weighted by atomic mass is 9.81. The summed E-state index contributed by atoms with van der Waals surface area (Å²) in [4.78, 5) is 48.8. The van der Waals surface area contributed by atoms with Crippen molar-refractivity contribution in [1.82, 2.24) is 0 Å². The van der Waals surface area contributed by atoms with Gasteiger partial charge in [-0.25, -0.2) is 0 Å². The van der Waals surface area contributed by atoms with Crippen LogP contribution >= 0.6 is 0 Å². The number of alkyl halides is 26. The van der Waals surface area contributed by atoms with E-state index in [1.807, 2.05) is 12.2 Å². The Hall–Kier alpha value is -6.26. The van der Waals surface area contributed by atoms with E-state index in [4.69, 9.17) is 28.4 Å². The molecule has 10 nitrogen and oxygen atoms in total. The van der Waals surface area contributed by atoms with Crippen LogP contribution in [0.3, 0.4) is 0 Å². The molecule has 14 atom stereocenters. The predicted molar refractivity (Wildman–Crippen MR) is 267 cm³/mol. The number of carbonyl (C=O) groups excluding carboxylic acids is 4. The lowest BCUT2D eigenvalue weighted by molar-refractivity contribution is -0.443. The molecule has 526 valence electrons. The Morgan fingerprint density at radius 1 is 0.430 bits per heavy atom. The van der Waals surface area contributed by atoms with Crippen LogP contribution in [-0.4, -0.2) is 143 Å². The molecule has 5 aliphatic carbocycles. The van der Waals surface area contributed by atoms with Gasteiger partial charge in [-0.05, 0) is 86.2 Å². The van der Waals surface area contributed by atoms with Crippen molar-refractivity contribution in [3.63, 3.8) is 0 Å². The summed E-state index contributed by atoms with van der Waals surface area (Å²) < 4.78 is 381. The molecule has 0 aromatic heterocycles. The third kappa shape index (κ3) is 13.8. The fourth-order valence-corrected chi connectivity index (χ4v) is 12.1. The molecule has 3 saturated carbocycles. The van der Waals surface area contributed by atoms with Crippen LogP contribution in [0, 0.1) is 71.0 Å². The third-order valence-electron chi connectivity index (χ3n) is 17.0. The number of esters is 4. The molecular weight excluding hydrogens is 1340 g/mol. The average molecular weight is 1400 g/mol. The Labute approximate surface area is 510 Å². The van der Waals surface area contributed by atoms with Gasteiger partial charge in [0, 0.05) is 11.8 Å². The lowest BCUT2D eigenvalue weighted by Crippen LogP contribution is -2.71. The summed E-state index contributed by atoms with van der Waals surface area (Å²) >= 11 is 0. The standard InChI is InChI=1S/C33H33F13O6.C13H9F13.C11H14O4/c1-4-51-15-14-20-16-19(17-21(20)28(34,35)29(36,37)30(38,39)31(40,41)32(42,43)33(44,45)46)11-13-23-25(27(48)50-3)24(26(47)49-2)22(52-23)12-10-18-8-6-5-7-9-18;14-8(15,7-4-5-1-2-6(7)3-5)9(16,17)10(18,19)11(20,21)12(22,23)13(24,25)26;1-14-10(12)8-6-3-4-7(5-6)9(8)11(13)15-2/h5-15,19-25H,4,16-17H2,1-3H3;1-2,5-7H,3-4H2;3-4,6-9H,5H2,1-2H3/b12-10-,13-11+,15-14-;;. The second-order valence-electron chi connectivity index (χ2n) is 22.4. The van der Waals surface area contributed by atoms with Crippen LogP contribution in [0.15, 0.2) is 85.2 Å². The molecule has 1 aromatic carbocycles. The molecule has 7 rings (SSSR count). The van der Waals surface area contributed by atoms with Crippen molar-refractivity contribution >= 4 is 30.0 Å². The maximum atomic E-state index is 15.4. The highest BCUT2D eigenvalue weighted by atomic mass is 19.4. The van der Waals surface area contributed by atoms with Crippen molar-refractivity contribution in [3.05, 3.63) is 90.8 Å². The van der Waals surface area contributed by atoms with Crippen molar-refractivity contribution in [1.29, 1.82) is 0 Å². The average Bonchev–Trinajstić information content (AvgIpc) is 1.46. The molecule has 4 bridgehead atoms. The monoisotopic (exact) mass is 1390 g/mol. The Kier molecular flexibility index (Phi) is 22.9. The molecule has 14 unspecified atom stereocenters. The summed E-state index contributed by atoms with van der Waals surface area (Å²) in [5.41, 5.74) is 0.648. The first-order valence-electron chi connectivity index (χ1n) is 27.4.